The summed E-state index contributed by atoms with van der Waals surface area (Å²) in [5.41, 5.74) is 0.917. The van der Waals surface area contributed by atoms with Gasteiger partial charge in [0.25, 0.3) is 0 Å². The number of quaternary nitrogens is 1. The molecule has 116 valence electrons. The fourth-order valence-electron chi connectivity index (χ4n) is 2.37. The Morgan fingerprint density at radius 3 is 2.90 bits per heavy atom. The summed E-state index contributed by atoms with van der Waals surface area (Å²) in [6, 6.07) is 6.61. The molecule has 0 amide bonds. The van der Waals surface area contributed by atoms with Crippen LogP contribution in [0.4, 0.5) is 4.39 Å². The second-order valence-electron chi connectivity index (χ2n) is 5.33. The van der Waals surface area contributed by atoms with Crippen molar-refractivity contribution in [2.75, 3.05) is 46.4 Å². The smallest absolute Gasteiger partial charge is 0.169 e. The van der Waals surface area contributed by atoms with Gasteiger partial charge in [-0.2, -0.15) is 0 Å². The first-order valence-corrected chi connectivity index (χ1v) is 7.70. The average molecular weight is 312 g/mol. The lowest BCUT2D eigenvalue weighted by atomic mass is 10.2. The summed E-state index contributed by atoms with van der Waals surface area (Å²) in [6.45, 7) is 6.31. The van der Waals surface area contributed by atoms with Crippen molar-refractivity contribution >= 4 is 17.3 Å². The number of thiocarbonyl (C=S) groups is 1. The van der Waals surface area contributed by atoms with Gasteiger partial charge in [-0.15, -0.1) is 0 Å². The zero-order valence-electron chi connectivity index (χ0n) is 12.4. The summed E-state index contributed by atoms with van der Waals surface area (Å²) in [5, 5.41) is 3.97. The van der Waals surface area contributed by atoms with Crippen LogP contribution >= 0.6 is 12.2 Å². The van der Waals surface area contributed by atoms with Gasteiger partial charge >= 0.3 is 0 Å². The van der Waals surface area contributed by atoms with E-state index in [0.717, 1.165) is 45.0 Å². The third kappa shape index (κ3) is 5.57. The molecule has 0 aliphatic carbocycles. The first-order chi connectivity index (χ1) is 10.1. The summed E-state index contributed by atoms with van der Waals surface area (Å²) >= 11 is 5.36. The van der Waals surface area contributed by atoms with Gasteiger partial charge in [-0.25, -0.2) is 4.39 Å². The fraction of sp³-hybridized carbons (Fsp3) is 0.533. The van der Waals surface area contributed by atoms with E-state index in [2.05, 4.69) is 5.32 Å². The van der Waals surface area contributed by atoms with Crippen LogP contribution in [-0.4, -0.2) is 56.5 Å². The first-order valence-electron chi connectivity index (χ1n) is 7.30. The second-order valence-corrected chi connectivity index (χ2v) is 5.72. The number of hydrogen-bond acceptors (Lipinski definition) is 2. The van der Waals surface area contributed by atoms with Gasteiger partial charge in [0.05, 0.1) is 26.3 Å². The van der Waals surface area contributed by atoms with Crippen LogP contribution in [0.2, 0.25) is 0 Å². The van der Waals surface area contributed by atoms with E-state index in [9.17, 15) is 4.39 Å². The molecule has 0 bridgehead atoms. The van der Waals surface area contributed by atoms with Crippen molar-refractivity contribution in [3.8, 4) is 0 Å². The highest BCUT2D eigenvalue weighted by Gasteiger charge is 2.13. The first kappa shape index (κ1) is 16.1. The molecule has 1 aliphatic heterocycles. The number of rotatable bonds is 5. The summed E-state index contributed by atoms with van der Waals surface area (Å²) < 4.78 is 18.5. The van der Waals surface area contributed by atoms with E-state index >= 15 is 0 Å². The molecular weight excluding hydrogens is 289 g/mol. The van der Waals surface area contributed by atoms with Crippen molar-refractivity contribution < 1.29 is 14.0 Å². The molecule has 0 radical (unpaired) electrons. The number of hydrogen-bond donors (Lipinski definition) is 2. The lowest BCUT2D eigenvalue weighted by Crippen LogP contribution is -3.14. The lowest BCUT2D eigenvalue weighted by Gasteiger charge is -2.25. The van der Waals surface area contributed by atoms with Crippen LogP contribution in [-0.2, 0) is 11.3 Å². The maximum Gasteiger partial charge on any atom is 0.169 e. The Balaban J connectivity index is 1.69. The normalized spacial score (nSPS) is 15.7. The molecule has 6 heteroatoms. The molecule has 1 saturated heterocycles. The molecule has 1 heterocycles. The van der Waals surface area contributed by atoms with E-state index in [-0.39, 0.29) is 5.82 Å². The van der Waals surface area contributed by atoms with Crippen molar-refractivity contribution in [1.29, 1.82) is 0 Å². The van der Waals surface area contributed by atoms with Gasteiger partial charge in [-0.05, 0) is 29.9 Å². The van der Waals surface area contributed by atoms with Crippen molar-refractivity contribution in [1.82, 2.24) is 10.2 Å². The van der Waals surface area contributed by atoms with E-state index in [0.29, 0.717) is 11.7 Å². The predicted molar refractivity (Wildman–Crippen MR) is 84.9 cm³/mol. The van der Waals surface area contributed by atoms with E-state index in [4.69, 9.17) is 17.0 Å². The van der Waals surface area contributed by atoms with Crippen LogP contribution in [0.3, 0.4) is 0 Å². The standard InChI is InChI=1S/C15H22FN3OS/c1-18(12-13-3-2-4-14(16)11-13)15(21)17-5-6-19-7-9-20-10-8-19/h2-4,11H,5-10,12H2,1H3,(H,17,21)/p+1. The Labute approximate surface area is 130 Å². The van der Waals surface area contributed by atoms with Gasteiger partial charge in [0.1, 0.15) is 18.9 Å². The number of morpholine rings is 1. The Morgan fingerprint density at radius 2 is 2.19 bits per heavy atom. The molecule has 21 heavy (non-hydrogen) atoms. The second kappa shape index (κ2) is 8.26. The highest BCUT2D eigenvalue weighted by molar-refractivity contribution is 7.80. The summed E-state index contributed by atoms with van der Waals surface area (Å²) in [6.07, 6.45) is 0. The zero-order chi connectivity index (χ0) is 15.1. The maximum absolute atomic E-state index is 13.1. The summed E-state index contributed by atoms with van der Waals surface area (Å²) in [5.74, 6) is -0.212. The molecule has 1 aliphatic rings. The molecule has 0 saturated carbocycles. The van der Waals surface area contributed by atoms with Crippen LogP contribution in [0.25, 0.3) is 0 Å². The molecular formula is C15H23FN3OS+. The minimum Gasteiger partial charge on any atom is -0.370 e. The maximum atomic E-state index is 13.1. The molecule has 0 unspecified atom stereocenters. The number of nitrogens with zero attached hydrogens (tertiary/aromatic N) is 1. The fourth-order valence-corrected chi connectivity index (χ4v) is 2.54. The Kier molecular flexibility index (Phi) is 6.35. The SMILES string of the molecule is CN(Cc1cccc(F)c1)C(=S)NCC[NH+]1CCOCC1. The molecule has 2 N–H and O–H groups in total. The van der Waals surface area contributed by atoms with Crippen molar-refractivity contribution in [2.45, 2.75) is 6.54 Å². The van der Waals surface area contributed by atoms with E-state index in [1.165, 1.54) is 12.1 Å². The molecule has 1 aromatic rings. The van der Waals surface area contributed by atoms with Crippen LogP contribution in [0.5, 0.6) is 0 Å². The van der Waals surface area contributed by atoms with Crippen molar-refractivity contribution in [3.63, 3.8) is 0 Å². The summed E-state index contributed by atoms with van der Waals surface area (Å²) in [7, 11) is 1.92. The molecule has 1 fully saturated rings. The van der Waals surface area contributed by atoms with Gasteiger partial charge < -0.3 is 19.9 Å². The Bertz CT molecular complexity index is 466. The topological polar surface area (TPSA) is 28.9 Å². The number of benzene rings is 1. The molecule has 0 aromatic heterocycles. The lowest BCUT2D eigenvalue weighted by molar-refractivity contribution is -0.906. The minimum absolute atomic E-state index is 0.212. The monoisotopic (exact) mass is 312 g/mol. The third-order valence-electron chi connectivity index (χ3n) is 3.61. The minimum atomic E-state index is -0.212. The van der Waals surface area contributed by atoms with Gasteiger partial charge in [-0.3, -0.25) is 0 Å². The van der Waals surface area contributed by atoms with Crippen LogP contribution in [0, 0.1) is 5.82 Å². The number of nitrogens with one attached hydrogen (secondary N) is 2. The Hall–Kier alpha value is -1.24. The quantitative estimate of drug-likeness (QED) is 0.752. The largest absolute Gasteiger partial charge is 0.370 e. The summed E-state index contributed by atoms with van der Waals surface area (Å²) in [4.78, 5) is 3.47. The number of halogens is 1. The highest BCUT2D eigenvalue weighted by atomic mass is 32.1. The highest BCUT2D eigenvalue weighted by Crippen LogP contribution is 2.06. The molecule has 4 nitrogen and oxygen atoms in total. The van der Waals surface area contributed by atoms with Crippen LogP contribution < -0.4 is 10.2 Å². The van der Waals surface area contributed by atoms with Crippen molar-refractivity contribution in [3.05, 3.63) is 35.6 Å². The molecule has 0 atom stereocenters. The van der Waals surface area contributed by atoms with Crippen molar-refractivity contribution in [2.24, 2.45) is 0 Å². The molecule has 0 spiro atoms. The van der Waals surface area contributed by atoms with Gasteiger partial charge in [-0.1, -0.05) is 12.1 Å². The number of ether oxygens (including phenoxy) is 1. The van der Waals surface area contributed by atoms with Gasteiger partial charge in [0.2, 0.25) is 0 Å². The van der Waals surface area contributed by atoms with Crippen LogP contribution in [0.1, 0.15) is 5.56 Å². The Morgan fingerprint density at radius 1 is 1.43 bits per heavy atom. The zero-order valence-corrected chi connectivity index (χ0v) is 13.2. The van der Waals surface area contributed by atoms with E-state index in [1.54, 1.807) is 11.0 Å². The molecule has 2 rings (SSSR count). The van der Waals surface area contributed by atoms with E-state index < -0.39 is 0 Å². The van der Waals surface area contributed by atoms with Gasteiger partial charge in [0, 0.05) is 13.6 Å². The third-order valence-corrected chi connectivity index (χ3v) is 4.07. The molecule has 1 aromatic carbocycles. The van der Waals surface area contributed by atoms with Crippen LogP contribution in [0.15, 0.2) is 24.3 Å². The average Bonchev–Trinajstić information content (AvgIpc) is 2.48. The predicted octanol–water partition coefficient (Wildman–Crippen LogP) is 0.0471. The van der Waals surface area contributed by atoms with E-state index in [1.807, 2.05) is 18.0 Å². The van der Waals surface area contributed by atoms with Gasteiger partial charge in [0.15, 0.2) is 5.11 Å².